The van der Waals surface area contributed by atoms with Crippen LogP contribution in [0.2, 0.25) is 5.28 Å². The lowest BCUT2D eigenvalue weighted by atomic mass is 10.2. The van der Waals surface area contributed by atoms with Gasteiger partial charge in [-0.15, -0.1) is 0 Å². The number of aliphatic hydroxyl groups is 1. The summed E-state index contributed by atoms with van der Waals surface area (Å²) in [4.78, 5) is 7.76. The van der Waals surface area contributed by atoms with Crippen LogP contribution in [-0.4, -0.2) is 41.4 Å². The minimum absolute atomic E-state index is 0.0194. The lowest BCUT2D eigenvalue weighted by molar-refractivity contribution is 0.170. The van der Waals surface area contributed by atoms with Gasteiger partial charge < -0.3 is 15.2 Å². The summed E-state index contributed by atoms with van der Waals surface area (Å²) in [6.45, 7) is 0.599. The van der Waals surface area contributed by atoms with Crippen LogP contribution in [0.4, 0.5) is 5.82 Å². The van der Waals surface area contributed by atoms with Gasteiger partial charge in [0.25, 0.3) is 0 Å². The summed E-state index contributed by atoms with van der Waals surface area (Å²) in [7, 11) is 1.61. The number of rotatable bonds is 6. The molecule has 0 saturated carbocycles. The van der Waals surface area contributed by atoms with Crippen LogP contribution < -0.4 is 5.32 Å². The molecule has 1 aromatic rings. The van der Waals surface area contributed by atoms with Gasteiger partial charge in [-0.25, -0.2) is 9.97 Å². The fourth-order valence-corrected chi connectivity index (χ4v) is 1.33. The predicted molar refractivity (Wildman–Crippen MR) is 58.0 cm³/mol. The minimum atomic E-state index is 0.0194. The molecule has 6 heteroatoms. The molecule has 2 N–H and O–H groups in total. The third-order valence-corrected chi connectivity index (χ3v) is 2.01. The topological polar surface area (TPSA) is 67.3 Å². The second-order valence-corrected chi connectivity index (χ2v) is 3.36. The van der Waals surface area contributed by atoms with Gasteiger partial charge in [0.2, 0.25) is 5.28 Å². The molecular formula is C9H14ClN3O2. The second-order valence-electron chi connectivity index (χ2n) is 3.02. The molecule has 0 aliphatic heterocycles. The first-order valence-corrected chi connectivity index (χ1v) is 4.99. The van der Waals surface area contributed by atoms with Crippen molar-refractivity contribution >= 4 is 17.4 Å². The molecule has 0 aliphatic carbocycles. The van der Waals surface area contributed by atoms with Crippen molar-refractivity contribution in [3.05, 3.63) is 17.5 Å². The van der Waals surface area contributed by atoms with E-state index < -0.39 is 0 Å². The van der Waals surface area contributed by atoms with Crippen LogP contribution in [0, 0.1) is 0 Å². The maximum Gasteiger partial charge on any atom is 0.224 e. The molecule has 0 fully saturated rings. The van der Waals surface area contributed by atoms with E-state index in [9.17, 15) is 0 Å². The molecule has 0 spiro atoms. The maximum absolute atomic E-state index is 8.84. The van der Waals surface area contributed by atoms with Gasteiger partial charge >= 0.3 is 0 Å². The van der Waals surface area contributed by atoms with Crippen LogP contribution in [0.25, 0.3) is 0 Å². The van der Waals surface area contributed by atoms with Gasteiger partial charge in [-0.05, 0) is 24.1 Å². The molecule has 0 bridgehead atoms. The number of methoxy groups -OCH3 is 1. The Morgan fingerprint density at radius 3 is 3.07 bits per heavy atom. The number of ether oxygens (including phenoxy) is 1. The number of anilines is 1. The largest absolute Gasteiger partial charge is 0.396 e. The summed E-state index contributed by atoms with van der Waals surface area (Å²) >= 11 is 5.64. The molecule has 5 nitrogen and oxygen atoms in total. The van der Waals surface area contributed by atoms with Gasteiger partial charge in [-0.1, -0.05) is 0 Å². The highest BCUT2D eigenvalue weighted by Gasteiger charge is 2.08. The zero-order chi connectivity index (χ0) is 11.1. The summed E-state index contributed by atoms with van der Waals surface area (Å²) in [6, 6.07) is 1.73. The van der Waals surface area contributed by atoms with E-state index in [-0.39, 0.29) is 17.9 Å². The second kappa shape index (κ2) is 6.55. The van der Waals surface area contributed by atoms with Crippen LogP contribution in [0.3, 0.4) is 0 Å². The average molecular weight is 232 g/mol. The summed E-state index contributed by atoms with van der Waals surface area (Å²) in [6.07, 6.45) is 2.16. The summed E-state index contributed by atoms with van der Waals surface area (Å²) < 4.78 is 5.01. The molecule has 0 aromatic carbocycles. The Hall–Kier alpha value is -0.910. The standard InChI is InChI=1S/C9H14ClN3O2/c1-15-6-7(3-5-14)12-8-2-4-11-9(10)13-8/h2,4,7,14H,3,5-6H2,1H3,(H,11,12,13). The highest BCUT2D eigenvalue weighted by Crippen LogP contribution is 2.08. The van der Waals surface area contributed by atoms with E-state index in [2.05, 4.69) is 15.3 Å². The first-order valence-electron chi connectivity index (χ1n) is 4.61. The van der Waals surface area contributed by atoms with Crippen molar-refractivity contribution in [3.8, 4) is 0 Å². The van der Waals surface area contributed by atoms with E-state index in [0.29, 0.717) is 18.8 Å². The molecule has 84 valence electrons. The van der Waals surface area contributed by atoms with E-state index in [1.165, 1.54) is 0 Å². The van der Waals surface area contributed by atoms with E-state index >= 15 is 0 Å². The Balaban J connectivity index is 2.56. The van der Waals surface area contributed by atoms with Gasteiger partial charge in [0.05, 0.1) is 12.6 Å². The van der Waals surface area contributed by atoms with E-state index in [0.717, 1.165) is 0 Å². The Bertz CT molecular complexity index is 292. The summed E-state index contributed by atoms with van der Waals surface area (Å²) in [5, 5.41) is 12.1. The summed E-state index contributed by atoms with van der Waals surface area (Å²) in [5.41, 5.74) is 0. The highest BCUT2D eigenvalue weighted by molar-refractivity contribution is 6.28. The van der Waals surface area contributed by atoms with Crippen molar-refractivity contribution in [2.45, 2.75) is 12.5 Å². The first kappa shape index (κ1) is 12.2. The van der Waals surface area contributed by atoms with E-state index in [4.69, 9.17) is 21.4 Å². The van der Waals surface area contributed by atoms with Crippen LogP contribution in [0.5, 0.6) is 0 Å². The lowest BCUT2D eigenvalue weighted by Crippen LogP contribution is -2.26. The van der Waals surface area contributed by atoms with E-state index in [1.54, 1.807) is 19.4 Å². The number of aromatic nitrogens is 2. The fourth-order valence-electron chi connectivity index (χ4n) is 1.18. The number of halogens is 1. The average Bonchev–Trinajstić information content (AvgIpc) is 2.18. The Morgan fingerprint density at radius 2 is 2.47 bits per heavy atom. The van der Waals surface area contributed by atoms with Crippen LogP contribution in [0.1, 0.15) is 6.42 Å². The maximum atomic E-state index is 8.84. The van der Waals surface area contributed by atoms with E-state index in [1.807, 2.05) is 0 Å². The zero-order valence-corrected chi connectivity index (χ0v) is 9.24. The van der Waals surface area contributed by atoms with Gasteiger partial charge in [-0.2, -0.15) is 0 Å². The number of aliphatic hydroxyl groups excluding tert-OH is 1. The van der Waals surface area contributed by atoms with Gasteiger partial charge in [0, 0.05) is 19.9 Å². The van der Waals surface area contributed by atoms with Crippen molar-refractivity contribution in [1.82, 2.24) is 9.97 Å². The minimum Gasteiger partial charge on any atom is -0.396 e. The molecule has 0 saturated heterocycles. The number of hydrogen-bond acceptors (Lipinski definition) is 5. The molecule has 15 heavy (non-hydrogen) atoms. The summed E-state index contributed by atoms with van der Waals surface area (Å²) in [5.74, 6) is 0.630. The number of nitrogens with zero attached hydrogens (tertiary/aromatic N) is 2. The first-order chi connectivity index (χ1) is 7.26. The molecule has 1 heterocycles. The van der Waals surface area contributed by atoms with Crippen molar-refractivity contribution in [2.75, 3.05) is 25.6 Å². The quantitative estimate of drug-likeness (QED) is 0.714. The van der Waals surface area contributed by atoms with Gasteiger partial charge in [0.1, 0.15) is 5.82 Å². The molecule has 1 atom stereocenters. The van der Waals surface area contributed by atoms with Gasteiger partial charge in [-0.3, -0.25) is 0 Å². The van der Waals surface area contributed by atoms with Crippen molar-refractivity contribution in [3.63, 3.8) is 0 Å². The normalized spacial score (nSPS) is 12.5. The molecule has 1 unspecified atom stereocenters. The third kappa shape index (κ3) is 4.42. The van der Waals surface area contributed by atoms with Crippen molar-refractivity contribution in [1.29, 1.82) is 0 Å². The third-order valence-electron chi connectivity index (χ3n) is 1.82. The SMILES string of the molecule is COCC(CCO)Nc1ccnc(Cl)n1. The molecule has 1 rings (SSSR count). The van der Waals surface area contributed by atoms with Crippen LogP contribution in [0.15, 0.2) is 12.3 Å². The molecular weight excluding hydrogens is 218 g/mol. The Labute approximate surface area is 93.5 Å². The van der Waals surface area contributed by atoms with Gasteiger partial charge in [0.15, 0.2) is 0 Å². The fraction of sp³-hybridized carbons (Fsp3) is 0.556. The molecule has 1 aromatic heterocycles. The van der Waals surface area contributed by atoms with Crippen LogP contribution >= 0.6 is 11.6 Å². The Kier molecular flexibility index (Phi) is 5.31. The lowest BCUT2D eigenvalue weighted by Gasteiger charge is -2.17. The smallest absolute Gasteiger partial charge is 0.224 e. The van der Waals surface area contributed by atoms with Crippen molar-refractivity contribution in [2.24, 2.45) is 0 Å². The molecule has 0 aliphatic rings. The monoisotopic (exact) mass is 231 g/mol. The Morgan fingerprint density at radius 1 is 1.67 bits per heavy atom. The zero-order valence-electron chi connectivity index (χ0n) is 8.48. The molecule has 0 radical (unpaired) electrons. The predicted octanol–water partition coefficient (Wildman–Crippen LogP) is 0.939. The van der Waals surface area contributed by atoms with Crippen LogP contribution in [-0.2, 0) is 4.74 Å². The highest BCUT2D eigenvalue weighted by atomic mass is 35.5. The van der Waals surface area contributed by atoms with Crippen molar-refractivity contribution < 1.29 is 9.84 Å². The number of nitrogens with one attached hydrogen (secondary N) is 1. The molecule has 0 amide bonds. The number of hydrogen-bond donors (Lipinski definition) is 2.